The van der Waals surface area contributed by atoms with Crippen LogP contribution in [0, 0.1) is 13.8 Å². The van der Waals surface area contributed by atoms with Crippen molar-refractivity contribution in [2.75, 3.05) is 0 Å². The number of rotatable bonds is 3. The summed E-state index contributed by atoms with van der Waals surface area (Å²) in [4.78, 5) is 25.5. The number of imidazole rings is 5. The molecule has 44 heavy (non-hydrogen) atoms. The number of aryl methyl sites for hydroxylation is 7. The molecule has 0 bridgehead atoms. The fraction of sp³-hybridized carbons (Fsp3) is 0.310. The molecule has 6 aromatic heterocycles. The minimum Gasteiger partial charge on any atom is -1.00 e. The van der Waals surface area contributed by atoms with Crippen LogP contribution >= 0.6 is 0 Å². The summed E-state index contributed by atoms with van der Waals surface area (Å²) >= 11 is 0. The van der Waals surface area contributed by atoms with Crippen LogP contribution in [0.3, 0.4) is 0 Å². The Kier molecular flexibility index (Phi) is 20.1. The molecule has 242 valence electrons. The first-order valence-corrected chi connectivity index (χ1v) is 13.1. The third-order valence-electron chi connectivity index (χ3n) is 5.83. The summed E-state index contributed by atoms with van der Waals surface area (Å²) in [7, 11) is 9.80. The van der Waals surface area contributed by atoms with Crippen LogP contribution in [0.15, 0.2) is 74.1 Å². The molecule has 0 spiro atoms. The van der Waals surface area contributed by atoms with Gasteiger partial charge in [0.25, 0.3) is 0 Å². The summed E-state index contributed by atoms with van der Waals surface area (Å²) in [5, 5.41) is 0. The van der Waals surface area contributed by atoms with Gasteiger partial charge in [0.2, 0.25) is 0 Å². The molecule has 11 nitrogen and oxygen atoms in total. The molecule has 6 heterocycles. The minimum atomic E-state index is 0. The molecule has 0 amide bonds. The van der Waals surface area contributed by atoms with Gasteiger partial charge in [-0.15, -0.1) is 0 Å². The van der Waals surface area contributed by atoms with Gasteiger partial charge in [-0.25, -0.2) is 29.9 Å². The van der Waals surface area contributed by atoms with E-state index in [-0.39, 0.29) is 57.0 Å². The second kappa shape index (κ2) is 20.6. The zero-order chi connectivity index (χ0) is 29.2. The smallest absolute Gasteiger partial charge is 0.176 e. The topological polar surface area (TPSA) is 102 Å². The van der Waals surface area contributed by atoms with Gasteiger partial charge in [-0.3, -0.25) is 0 Å². The van der Waals surface area contributed by atoms with Gasteiger partial charge in [-0.05, 0) is 31.5 Å². The van der Waals surface area contributed by atoms with E-state index in [1.807, 2.05) is 110 Å². The van der Waals surface area contributed by atoms with Gasteiger partial charge in [0.05, 0.1) is 0 Å². The van der Waals surface area contributed by atoms with Crippen LogP contribution in [0.1, 0.15) is 25.1 Å². The molecule has 0 aliphatic rings. The third kappa shape index (κ3) is 11.0. The van der Waals surface area contributed by atoms with Gasteiger partial charge in [0, 0.05) is 123 Å². The standard InChI is InChI=1S/C11H13N3.2C8H10N4.C2H6.3ClH.Os/c1-8-6-9(2)13-10(7-8)11-12-4-5-14(11)3;2*1-11-5-3-9-7(11)8-10-4-6-12(8)2;1-2;;;;/h4-7H,1-3H3;2*3-6H,1-2H3;1-2H3;3*1H;/p-3. The van der Waals surface area contributed by atoms with Crippen molar-refractivity contribution in [2.24, 2.45) is 35.2 Å². The minimum absolute atomic E-state index is 0. The summed E-state index contributed by atoms with van der Waals surface area (Å²) in [5.74, 6) is 4.48. The number of nitrogens with zero attached hydrogens (tertiary/aromatic N) is 11. The summed E-state index contributed by atoms with van der Waals surface area (Å²) in [5.41, 5.74) is 3.19. The molecule has 0 aliphatic heterocycles. The fourth-order valence-corrected chi connectivity index (χ4v) is 3.89. The van der Waals surface area contributed by atoms with E-state index in [0.717, 1.165) is 40.5 Å². The summed E-state index contributed by atoms with van der Waals surface area (Å²) in [6.07, 6.45) is 18.4. The zero-order valence-corrected chi connectivity index (χ0v) is 31.1. The van der Waals surface area contributed by atoms with Gasteiger partial charge < -0.3 is 60.1 Å². The molecule has 0 unspecified atom stereocenters. The molecule has 0 saturated heterocycles. The maximum atomic E-state index is 4.45. The molecule has 0 aromatic carbocycles. The van der Waals surface area contributed by atoms with Gasteiger partial charge in [-0.2, -0.15) is 0 Å². The number of aromatic nitrogens is 11. The van der Waals surface area contributed by atoms with Crippen molar-refractivity contribution in [2.45, 2.75) is 27.7 Å². The van der Waals surface area contributed by atoms with E-state index in [1.54, 1.807) is 31.0 Å². The van der Waals surface area contributed by atoms with Crippen molar-refractivity contribution in [3.8, 4) is 34.8 Å². The molecule has 0 fully saturated rings. The van der Waals surface area contributed by atoms with Crippen LogP contribution in [0.25, 0.3) is 34.8 Å². The largest absolute Gasteiger partial charge is 1.00 e. The van der Waals surface area contributed by atoms with Crippen LogP contribution in [0.4, 0.5) is 0 Å². The number of pyridine rings is 1. The van der Waals surface area contributed by atoms with E-state index >= 15 is 0 Å². The van der Waals surface area contributed by atoms with Gasteiger partial charge >= 0.3 is 0 Å². The second-order valence-corrected chi connectivity index (χ2v) is 8.98. The number of halogens is 3. The fourth-order valence-electron chi connectivity index (χ4n) is 3.89. The average Bonchev–Trinajstić information content (AvgIpc) is 3.75. The Morgan fingerprint density at radius 3 is 0.955 bits per heavy atom. The summed E-state index contributed by atoms with van der Waals surface area (Å²) in [6, 6.07) is 4.11. The van der Waals surface area contributed by atoms with E-state index in [9.17, 15) is 0 Å². The molecule has 0 atom stereocenters. The molecule has 0 radical (unpaired) electrons. The van der Waals surface area contributed by atoms with Gasteiger partial charge in [-0.1, -0.05) is 13.8 Å². The normalized spacial score (nSPS) is 9.20. The Morgan fingerprint density at radius 1 is 0.455 bits per heavy atom. The summed E-state index contributed by atoms with van der Waals surface area (Å²) in [6.45, 7) is 8.07. The van der Waals surface area contributed by atoms with Crippen LogP contribution < -0.4 is 37.2 Å². The molecule has 6 aromatic rings. The Balaban J connectivity index is 0. The van der Waals surface area contributed by atoms with Crippen molar-refractivity contribution in [3.63, 3.8) is 0 Å². The van der Waals surface area contributed by atoms with Crippen LogP contribution in [0.5, 0.6) is 0 Å². The van der Waals surface area contributed by atoms with Crippen molar-refractivity contribution in [1.29, 1.82) is 0 Å². The zero-order valence-electron chi connectivity index (χ0n) is 26.3. The van der Waals surface area contributed by atoms with E-state index in [4.69, 9.17) is 0 Å². The number of hydrogen-bond acceptors (Lipinski definition) is 6. The van der Waals surface area contributed by atoms with Crippen molar-refractivity contribution in [3.05, 3.63) is 85.4 Å². The maximum absolute atomic E-state index is 4.45. The van der Waals surface area contributed by atoms with Crippen LogP contribution in [-0.2, 0) is 55.0 Å². The SMILES string of the molecule is CC.Cc1cc(C)nc(-c2nccn2C)c1.Cn1ccnc1-c1nccn1C.Cn1ccnc1-c1nccn1C.[Cl-].[Cl-].[Cl-].[Os]. The first-order valence-electron chi connectivity index (χ1n) is 13.1. The first kappa shape index (κ1) is 42.8. The second-order valence-electron chi connectivity index (χ2n) is 8.98. The summed E-state index contributed by atoms with van der Waals surface area (Å²) < 4.78 is 9.76. The average molecular weight is 838 g/mol. The van der Waals surface area contributed by atoms with Gasteiger partial charge in [0.15, 0.2) is 29.1 Å². The van der Waals surface area contributed by atoms with Crippen molar-refractivity contribution >= 4 is 0 Å². The van der Waals surface area contributed by atoms with E-state index in [2.05, 4.69) is 49.0 Å². The molecule has 0 aliphatic carbocycles. The molecular formula is C29H39Cl3N11Os-3. The van der Waals surface area contributed by atoms with E-state index in [1.165, 1.54) is 5.56 Å². The first-order chi connectivity index (χ1) is 19.2. The monoisotopic (exact) mass is 838 g/mol. The maximum Gasteiger partial charge on any atom is 0.176 e. The molecule has 6 rings (SSSR count). The van der Waals surface area contributed by atoms with Gasteiger partial charge in [0.1, 0.15) is 5.69 Å². The van der Waals surface area contributed by atoms with Crippen molar-refractivity contribution < 1.29 is 57.0 Å². The number of hydrogen-bond donors (Lipinski definition) is 0. The van der Waals surface area contributed by atoms with Crippen molar-refractivity contribution in [1.82, 2.24) is 52.7 Å². The Hall–Kier alpha value is -3.29. The molecule has 0 N–H and O–H groups in total. The van der Waals surface area contributed by atoms with E-state index < -0.39 is 0 Å². The predicted molar refractivity (Wildman–Crippen MR) is 158 cm³/mol. The quantitative estimate of drug-likeness (QED) is 0.179. The molecular weight excluding hydrogens is 799 g/mol. The Bertz CT molecular complexity index is 1460. The van der Waals surface area contributed by atoms with E-state index in [0.29, 0.717) is 0 Å². The van der Waals surface area contributed by atoms with Crippen LogP contribution in [0.2, 0.25) is 0 Å². The third-order valence-corrected chi connectivity index (χ3v) is 5.83. The molecule has 15 heteroatoms. The predicted octanol–water partition coefficient (Wildman–Crippen LogP) is -4.22. The Morgan fingerprint density at radius 2 is 0.727 bits per heavy atom. The molecule has 0 saturated carbocycles. The Labute approximate surface area is 291 Å². The van der Waals surface area contributed by atoms with Crippen LogP contribution in [-0.4, -0.2) is 52.7 Å².